The van der Waals surface area contributed by atoms with E-state index in [9.17, 15) is 4.79 Å². The molecule has 3 N–H and O–H groups in total. The maximum absolute atomic E-state index is 11.8. The Balaban J connectivity index is 1.81. The number of nitrogens with two attached hydrogens (primary N) is 1. The highest BCUT2D eigenvalue weighted by Crippen LogP contribution is 2.16. The van der Waals surface area contributed by atoms with Crippen LogP contribution in [0.1, 0.15) is 16.7 Å². The SMILES string of the molecule is Cc1ccc(CNC(=O)COc2ccccc2CN)cc1. The van der Waals surface area contributed by atoms with Gasteiger partial charge in [0.05, 0.1) is 0 Å². The lowest BCUT2D eigenvalue weighted by atomic mass is 10.1. The monoisotopic (exact) mass is 284 g/mol. The molecule has 0 atom stereocenters. The molecule has 0 spiro atoms. The first-order valence-corrected chi connectivity index (χ1v) is 6.92. The van der Waals surface area contributed by atoms with Crippen molar-refractivity contribution in [3.8, 4) is 5.75 Å². The minimum absolute atomic E-state index is 0.0110. The average Bonchev–Trinajstić information content (AvgIpc) is 2.52. The number of ether oxygens (including phenoxy) is 1. The minimum atomic E-state index is -0.151. The van der Waals surface area contributed by atoms with Gasteiger partial charge in [-0.3, -0.25) is 4.79 Å². The molecule has 1 amide bonds. The predicted octanol–water partition coefficient (Wildman–Crippen LogP) is 2.15. The standard InChI is InChI=1S/C17H20N2O2/c1-13-6-8-14(9-7-13)11-19-17(20)12-21-16-5-3-2-4-15(16)10-18/h2-9H,10-12,18H2,1H3,(H,19,20). The quantitative estimate of drug-likeness (QED) is 0.854. The molecule has 0 saturated heterocycles. The highest BCUT2D eigenvalue weighted by Gasteiger charge is 2.05. The summed E-state index contributed by atoms with van der Waals surface area (Å²) in [5, 5.41) is 2.83. The maximum atomic E-state index is 11.8. The predicted molar refractivity (Wildman–Crippen MR) is 82.9 cm³/mol. The Labute approximate surface area is 124 Å². The van der Waals surface area contributed by atoms with E-state index >= 15 is 0 Å². The fourth-order valence-corrected chi connectivity index (χ4v) is 1.91. The summed E-state index contributed by atoms with van der Waals surface area (Å²) < 4.78 is 5.51. The Kier molecular flexibility index (Phi) is 5.35. The smallest absolute Gasteiger partial charge is 0.258 e. The van der Waals surface area contributed by atoms with Crippen molar-refractivity contribution in [2.45, 2.75) is 20.0 Å². The van der Waals surface area contributed by atoms with Crippen LogP contribution < -0.4 is 15.8 Å². The molecule has 0 unspecified atom stereocenters. The van der Waals surface area contributed by atoms with E-state index < -0.39 is 0 Å². The number of benzene rings is 2. The summed E-state index contributed by atoms with van der Waals surface area (Å²) in [5.74, 6) is 0.507. The molecule has 0 aliphatic rings. The van der Waals surface area contributed by atoms with E-state index in [0.29, 0.717) is 18.8 Å². The Hall–Kier alpha value is -2.33. The van der Waals surface area contributed by atoms with E-state index in [1.807, 2.05) is 55.5 Å². The molecule has 0 heterocycles. The van der Waals surface area contributed by atoms with Gasteiger partial charge in [0.1, 0.15) is 5.75 Å². The molecular formula is C17H20N2O2. The lowest BCUT2D eigenvalue weighted by Crippen LogP contribution is -2.28. The molecule has 0 aromatic heterocycles. The van der Waals surface area contributed by atoms with E-state index in [0.717, 1.165) is 11.1 Å². The number of para-hydroxylation sites is 1. The minimum Gasteiger partial charge on any atom is -0.483 e. The molecule has 0 aliphatic carbocycles. The van der Waals surface area contributed by atoms with Crippen LogP contribution in [0.5, 0.6) is 5.75 Å². The molecule has 21 heavy (non-hydrogen) atoms. The Bertz CT molecular complexity index is 594. The molecular weight excluding hydrogens is 264 g/mol. The second-order valence-corrected chi connectivity index (χ2v) is 4.86. The summed E-state index contributed by atoms with van der Waals surface area (Å²) in [4.78, 5) is 11.8. The number of hydrogen-bond acceptors (Lipinski definition) is 3. The van der Waals surface area contributed by atoms with Crippen LogP contribution in [0.15, 0.2) is 48.5 Å². The number of amides is 1. The number of carbonyl (C=O) groups is 1. The van der Waals surface area contributed by atoms with Gasteiger partial charge >= 0.3 is 0 Å². The maximum Gasteiger partial charge on any atom is 0.258 e. The van der Waals surface area contributed by atoms with Gasteiger partial charge in [-0.15, -0.1) is 0 Å². The van der Waals surface area contributed by atoms with Gasteiger partial charge in [-0.2, -0.15) is 0 Å². The molecule has 0 aliphatic heterocycles. The number of nitrogens with one attached hydrogen (secondary N) is 1. The van der Waals surface area contributed by atoms with Crippen molar-refractivity contribution >= 4 is 5.91 Å². The van der Waals surface area contributed by atoms with Crippen molar-refractivity contribution in [1.29, 1.82) is 0 Å². The second-order valence-electron chi connectivity index (χ2n) is 4.86. The molecule has 0 saturated carbocycles. The van der Waals surface area contributed by atoms with Crippen molar-refractivity contribution in [3.05, 3.63) is 65.2 Å². The van der Waals surface area contributed by atoms with Crippen LogP contribution in [-0.2, 0) is 17.9 Å². The Morgan fingerprint density at radius 3 is 2.57 bits per heavy atom. The zero-order chi connectivity index (χ0) is 15.1. The zero-order valence-electron chi connectivity index (χ0n) is 12.1. The molecule has 0 radical (unpaired) electrons. The summed E-state index contributed by atoms with van der Waals surface area (Å²) in [6, 6.07) is 15.5. The summed E-state index contributed by atoms with van der Waals surface area (Å²) >= 11 is 0. The summed E-state index contributed by atoms with van der Waals surface area (Å²) in [5.41, 5.74) is 8.78. The van der Waals surface area contributed by atoms with E-state index in [4.69, 9.17) is 10.5 Å². The van der Waals surface area contributed by atoms with Gasteiger partial charge in [0.15, 0.2) is 6.61 Å². The van der Waals surface area contributed by atoms with E-state index in [1.54, 1.807) is 0 Å². The van der Waals surface area contributed by atoms with Gasteiger partial charge in [0.25, 0.3) is 5.91 Å². The molecule has 2 rings (SSSR count). The van der Waals surface area contributed by atoms with Gasteiger partial charge < -0.3 is 15.8 Å². The van der Waals surface area contributed by atoms with Gasteiger partial charge in [-0.1, -0.05) is 48.0 Å². The molecule has 4 heteroatoms. The highest BCUT2D eigenvalue weighted by molar-refractivity contribution is 5.77. The van der Waals surface area contributed by atoms with E-state index in [1.165, 1.54) is 5.56 Å². The van der Waals surface area contributed by atoms with Crippen LogP contribution in [0.3, 0.4) is 0 Å². The fraction of sp³-hybridized carbons (Fsp3) is 0.235. The summed E-state index contributed by atoms with van der Waals surface area (Å²) in [7, 11) is 0. The van der Waals surface area contributed by atoms with Crippen molar-refractivity contribution in [1.82, 2.24) is 5.32 Å². The van der Waals surface area contributed by atoms with Crippen molar-refractivity contribution in [2.24, 2.45) is 5.73 Å². The molecule has 110 valence electrons. The van der Waals surface area contributed by atoms with Crippen LogP contribution in [0.4, 0.5) is 0 Å². The van der Waals surface area contributed by atoms with E-state index in [2.05, 4.69) is 5.32 Å². The Morgan fingerprint density at radius 1 is 1.14 bits per heavy atom. The number of aryl methyl sites for hydroxylation is 1. The van der Waals surface area contributed by atoms with E-state index in [-0.39, 0.29) is 12.5 Å². The molecule has 2 aromatic rings. The fourth-order valence-electron chi connectivity index (χ4n) is 1.91. The van der Waals surface area contributed by atoms with Crippen LogP contribution in [0.25, 0.3) is 0 Å². The lowest BCUT2D eigenvalue weighted by Gasteiger charge is -2.10. The number of carbonyl (C=O) groups excluding carboxylic acids is 1. The summed E-state index contributed by atoms with van der Waals surface area (Å²) in [6.45, 7) is 2.91. The van der Waals surface area contributed by atoms with Crippen molar-refractivity contribution in [3.63, 3.8) is 0 Å². The largest absolute Gasteiger partial charge is 0.483 e. The normalized spacial score (nSPS) is 10.2. The van der Waals surface area contributed by atoms with Crippen LogP contribution in [0.2, 0.25) is 0 Å². The average molecular weight is 284 g/mol. The molecule has 4 nitrogen and oxygen atoms in total. The third-order valence-electron chi connectivity index (χ3n) is 3.16. The molecule has 0 bridgehead atoms. The zero-order valence-corrected chi connectivity index (χ0v) is 12.1. The Morgan fingerprint density at radius 2 is 1.86 bits per heavy atom. The van der Waals surface area contributed by atoms with Crippen LogP contribution in [-0.4, -0.2) is 12.5 Å². The van der Waals surface area contributed by atoms with Gasteiger partial charge in [-0.25, -0.2) is 0 Å². The molecule has 0 fully saturated rings. The summed E-state index contributed by atoms with van der Waals surface area (Å²) in [6.07, 6.45) is 0. The third kappa shape index (κ3) is 4.61. The number of rotatable bonds is 6. The van der Waals surface area contributed by atoms with Crippen molar-refractivity contribution < 1.29 is 9.53 Å². The highest BCUT2D eigenvalue weighted by atomic mass is 16.5. The molecule has 2 aromatic carbocycles. The van der Waals surface area contributed by atoms with Crippen LogP contribution in [0, 0.1) is 6.92 Å². The van der Waals surface area contributed by atoms with Gasteiger partial charge in [0, 0.05) is 18.7 Å². The first-order chi connectivity index (χ1) is 10.2. The number of hydrogen-bond donors (Lipinski definition) is 2. The van der Waals surface area contributed by atoms with Crippen LogP contribution >= 0.6 is 0 Å². The first-order valence-electron chi connectivity index (χ1n) is 6.92. The second kappa shape index (κ2) is 7.45. The van der Waals surface area contributed by atoms with Gasteiger partial charge in [-0.05, 0) is 18.6 Å². The first kappa shape index (κ1) is 15.1. The third-order valence-corrected chi connectivity index (χ3v) is 3.16. The lowest BCUT2D eigenvalue weighted by molar-refractivity contribution is -0.123. The van der Waals surface area contributed by atoms with Crippen molar-refractivity contribution in [2.75, 3.05) is 6.61 Å². The topological polar surface area (TPSA) is 64.3 Å². The van der Waals surface area contributed by atoms with Gasteiger partial charge in [0.2, 0.25) is 0 Å².